The molecule has 0 aliphatic heterocycles. The van der Waals surface area contributed by atoms with Gasteiger partial charge in [0.2, 0.25) is 0 Å². The molecule has 0 unspecified atom stereocenters. The molecule has 0 atom stereocenters. The topological polar surface area (TPSA) is 137 Å². The number of ether oxygens (including phenoxy) is 1. The molecule has 0 aliphatic carbocycles. The van der Waals surface area contributed by atoms with E-state index >= 15 is 0 Å². The Morgan fingerprint density at radius 2 is 1.84 bits per heavy atom. The van der Waals surface area contributed by atoms with Crippen molar-refractivity contribution >= 4 is 28.8 Å². The average Bonchev–Trinajstić information content (AvgIpc) is 3.27. The molecular formula is C25H22F3N7O3. The standard InChI is InChI=1S/C25H22F3N7O3/c1-13(26)23(36)33-16-7-4-14(5-8-16)20-19(21-22(29)31-12-32-35(21)34-20)15-6-9-17(18(10-15)38-3)24(37)30-11-25(2,27)28/h4-10,12H,1,11H2,2-3H3,(H,30,37)(H,33,36)(H2,29,31,32). The zero-order valence-corrected chi connectivity index (χ0v) is 20.3. The van der Waals surface area contributed by atoms with Crippen molar-refractivity contribution in [3.8, 4) is 28.1 Å². The second-order valence-electron chi connectivity index (χ2n) is 8.31. The van der Waals surface area contributed by atoms with E-state index in [2.05, 4.69) is 32.4 Å². The SMILES string of the molecule is C=C(F)C(=O)Nc1ccc(-c2nn3ncnc(N)c3c2-c2ccc(C(=O)NCC(C)(F)F)c(OC)c2)cc1. The highest BCUT2D eigenvalue weighted by atomic mass is 19.3. The van der Waals surface area contributed by atoms with E-state index in [1.165, 1.54) is 24.1 Å². The number of hydrogen-bond donors (Lipinski definition) is 3. The van der Waals surface area contributed by atoms with Gasteiger partial charge < -0.3 is 21.1 Å². The Balaban J connectivity index is 1.79. The average molecular weight is 525 g/mol. The fourth-order valence-electron chi connectivity index (χ4n) is 3.67. The molecule has 4 aromatic rings. The molecule has 0 aliphatic rings. The maximum atomic E-state index is 13.2. The molecule has 0 saturated carbocycles. The minimum atomic E-state index is -3.08. The van der Waals surface area contributed by atoms with Gasteiger partial charge in [0, 0.05) is 23.7 Å². The van der Waals surface area contributed by atoms with Gasteiger partial charge in [-0.25, -0.2) is 18.2 Å². The van der Waals surface area contributed by atoms with Gasteiger partial charge in [-0.3, -0.25) is 9.59 Å². The van der Waals surface area contributed by atoms with Crippen LogP contribution in [0.3, 0.4) is 0 Å². The van der Waals surface area contributed by atoms with Crippen molar-refractivity contribution in [2.75, 3.05) is 24.7 Å². The zero-order valence-electron chi connectivity index (χ0n) is 20.3. The highest BCUT2D eigenvalue weighted by molar-refractivity contribution is 6.02. The number of carbonyl (C=O) groups is 2. The van der Waals surface area contributed by atoms with Crippen molar-refractivity contribution in [3.05, 3.63) is 66.8 Å². The normalized spacial score (nSPS) is 11.3. The van der Waals surface area contributed by atoms with Crippen LogP contribution in [0.4, 0.5) is 24.7 Å². The number of fused-ring (bicyclic) bond motifs is 1. The van der Waals surface area contributed by atoms with Crippen molar-refractivity contribution in [1.82, 2.24) is 25.1 Å². The van der Waals surface area contributed by atoms with Crippen molar-refractivity contribution in [3.63, 3.8) is 0 Å². The van der Waals surface area contributed by atoms with E-state index in [1.807, 2.05) is 0 Å². The molecular weight excluding hydrogens is 503 g/mol. The second kappa shape index (κ2) is 10.2. The Bertz CT molecular complexity index is 1550. The van der Waals surface area contributed by atoms with Crippen LogP contribution in [0.25, 0.3) is 27.9 Å². The first-order valence-electron chi connectivity index (χ1n) is 11.1. The predicted octanol–water partition coefficient (Wildman–Crippen LogP) is 3.86. The lowest BCUT2D eigenvalue weighted by Gasteiger charge is -2.14. The number of nitrogens with one attached hydrogen (secondary N) is 2. The van der Waals surface area contributed by atoms with Gasteiger partial charge >= 0.3 is 0 Å². The molecule has 0 radical (unpaired) electrons. The summed E-state index contributed by atoms with van der Waals surface area (Å²) in [6.45, 7) is 2.83. The third kappa shape index (κ3) is 5.40. The molecule has 0 spiro atoms. The zero-order chi connectivity index (χ0) is 27.6. The number of nitrogens with two attached hydrogens (primary N) is 1. The van der Waals surface area contributed by atoms with Crippen molar-refractivity contribution in [2.24, 2.45) is 0 Å². The number of amides is 2. The Hall–Kier alpha value is -4.94. The van der Waals surface area contributed by atoms with Gasteiger partial charge in [-0.05, 0) is 29.8 Å². The minimum absolute atomic E-state index is 0.0530. The van der Waals surface area contributed by atoms with Gasteiger partial charge in [-0.1, -0.05) is 24.8 Å². The number of hydrogen-bond acceptors (Lipinski definition) is 7. The smallest absolute Gasteiger partial charge is 0.283 e. The maximum Gasteiger partial charge on any atom is 0.283 e. The number of alkyl halides is 2. The number of anilines is 2. The van der Waals surface area contributed by atoms with Crippen molar-refractivity contribution < 1.29 is 27.5 Å². The van der Waals surface area contributed by atoms with E-state index in [0.717, 1.165) is 0 Å². The summed E-state index contributed by atoms with van der Waals surface area (Å²) < 4.78 is 46.2. The molecule has 0 bridgehead atoms. The number of methoxy groups -OCH3 is 1. The van der Waals surface area contributed by atoms with Crippen LogP contribution in [-0.4, -0.2) is 51.2 Å². The highest BCUT2D eigenvalue weighted by Crippen LogP contribution is 2.39. The van der Waals surface area contributed by atoms with Crippen LogP contribution >= 0.6 is 0 Å². The first kappa shape index (κ1) is 26.1. The molecule has 4 N–H and O–H groups in total. The summed E-state index contributed by atoms with van der Waals surface area (Å²) in [6.07, 6.45) is 1.24. The van der Waals surface area contributed by atoms with E-state index in [1.54, 1.807) is 36.4 Å². The summed E-state index contributed by atoms with van der Waals surface area (Å²) in [5.41, 5.74) is 8.95. The quantitative estimate of drug-likeness (QED) is 0.297. The molecule has 2 heterocycles. The molecule has 2 aromatic heterocycles. The lowest BCUT2D eigenvalue weighted by atomic mass is 9.98. The third-order valence-corrected chi connectivity index (χ3v) is 5.43. The summed E-state index contributed by atoms with van der Waals surface area (Å²) in [7, 11) is 1.35. The Labute approximate surface area is 214 Å². The highest BCUT2D eigenvalue weighted by Gasteiger charge is 2.25. The predicted molar refractivity (Wildman–Crippen MR) is 134 cm³/mol. The number of carbonyl (C=O) groups excluding carboxylic acids is 2. The summed E-state index contributed by atoms with van der Waals surface area (Å²) in [6, 6.07) is 11.0. The van der Waals surface area contributed by atoms with E-state index in [9.17, 15) is 22.8 Å². The maximum absolute atomic E-state index is 13.2. The molecule has 196 valence electrons. The van der Waals surface area contributed by atoms with Gasteiger partial charge in [0.1, 0.15) is 23.3 Å². The minimum Gasteiger partial charge on any atom is -0.496 e. The van der Waals surface area contributed by atoms with E-state index in [-0.39, 0.29) is 17.1 Å². The fraction of sp³-hybridized carbons (Fsp3) is 0.160. The number of nitrogens with zero attached hydrogens (tertiary/aromatic N) is 4. The largest absolute Gasteiger partial charge is 0.496 e. The molecule has 10 nitrogen and oxygen atoms in total. The summed E-state index contributed by atoms with van der Waals surface area (Å²) in [4.78, 5) is 28.2. The summed E-state index contributed by atoms with van der Waals surface area (Å²) >= 11 is 0. The van der Waals surface area contributed by atoms with E-state index < -0.39 is 30.1 Å². The van der Waals surface area contributed by atoms with Crippen LogP contribution in [0.2, 0.25) is 0 Å². The van der Waals surface area contributed by atoms with Crippen LogP contribution in [0.1, 0.15) is 17.3 Å². The number of benzene rings is 2. The van der Waals surface area contributed by atoms with Gasteiger partial charge in [-0.2, -0.15) is 0 Å². The molecule has 2 aromatic carbocycles. The molecule has 4 rings (SSSR count). The summed E-state index contributed by atoms with van der Waals surface area (Å²) in [5.74, 6) is -5.64. The van der Waals surface area contributed by atoms with Crippen LogP contribution < -0.4 is 21.1 Å². The number of rotatable bonds is 8. The van der Waals surface area contributed by atoms with Gasteiger partial charge in [0.05, 0.1) is 19.2 Å². The second-order valence-corrected chi connectivity index (χ2v) is 8.31. The monoisotopic (exact) mass is 525 g/mol. The van der Waals surface area contributed by atoms with E-state index in [0.29, 0.717) is 40.5 Å². The first-order chi connectivity index (χ1) is 18.0. The van der Waals surface area contributed by atoms with Crippen LogP contribution in [0, 0.1) is 0 Å². The summed E-state index contributed by atoms with van der Waals surface area (Å²) in [5, 5.41) is 13.2. The molecule has 13 heteroatoms. The number of halogens is 3. The molecule has 0 saturated heterocycles. The Kier molecular flexibility index (Phi) is 7.02. The molecule has 38 heavy (non-hydrogen) atoms. The van der Waals surface area contributed by atoms with E-state index in [4.69, 9.17) is 10.5 Å². The van der Waals surface area contributed by atoms with Crippen molar-refractivity contribution in [2.45, 2.75) is 12.8 Å². The van der Waals surface area contributed by atoms with Gasteiger partial charge in [0.25, 0.3) is 17.7 Å². The van der Waals surface area contributed by atoms with Crippen LogP contribution in [0.15, 0.2) is 61.2 Å². The number of nitrogen functional groups attached to an aromatic ring is 1. The Morgan fingerprint density at radius 1 is 1.16 bits per heavy atom. The lowest BCUT2D eigenvalue weighted by Crippen LogP contribution is -2.34. The van der Waals surface area contributed by atoms with Gasteiger partial charge in [-0.15, -0.1) is 14.8 Å². The van der Waals surface area contributed by atoms with Crippen LogP contribution in [-0.2, 0) is 4.79 Å². The fourth-order valence-corrected chi connectivity index (χ4v) is 3.67. The molecule has 2 amide bonds. The van der Waals surface area contributed by atoms with Crippen LogP contribution in [0.5, 0.6) is 5.75 Å². The first-order valence-corrected chi connectivity index (χ1v) is 11.1. The Morgan fingerprint density at radius 3 is 2.47 bits per heavy atom. The lowest BCUT2D eigenvalue weighted by molar-refractivity contribution is -0.114. The third-order valence-electron chi connectivity index (χ3n) is 5.43. The molecule has 0 fully saturated rings. The number of aromatic nitrogens is 4. The van der Waals surface area contributed by atoms with Crippen molar-refractivity contribution in [1.29, 1.82) is 0 Å². The van der Waals surface area contributed by atoms with Gasteiger partial charge in [0.15, 0.2) is 11.6 Å².